The summed E-state index contributed by atoms with van der Waals surface area (Å²) in [7, 11) is 1.58. The molecule has 1 saturated heterocycles. The number of amides is 2. The van der Waals surface area contributed by atoms with Gasteiger partial charge in [0.25, 0.3) is 0 Å². The van der Waals surface area contributed by atoms with E-state index in [1.165, 1.54) is 4.90 Å². The van der Waals surface area contributed by atoms with Gasteiger partial charge in [0.05, 0.1) is 6.61 Å². The average molecular weight is 272 g/mol. The molecule has 1 heterocycles. The molecular weight excluding hydrogens is 248 g/mol. The molecular formula is C13H24N2O4. The lowest BCUT2D eigenvalue weighted by atomic mass is 10.2. The normalized spacial score (nSPS) is 19.4. The summed E-state index contributed by atoms with van der Waals surface area (Å²) >= 11 is 0. The minimum atomic E-state index is -0.545. The maximum absolute atomic E-state index is 12.0. The third-order valence-electron chi connectivity index (χ3n) is 2.79. The Morgan fingerprint density at radius 3 is 2.63 bits per heavy atom. The first-order chi connectivity index (χ1) is 8.85. The number of nitrogens with zero attached hydrogens (tertiary/aromatic N) is 1. The molecule has 0 spiro atoms. The molecule has 0 aromatic heterocycles. The van der Waals surface area contributed by atoms with Gasteiger partial charge in [-0.25, -0.2) is 4.79 Å². The zero-order valence-electron chi connectivity index (χ0n) is 12.2. The van der Waals surface area contributed by atoms with Crippen LogP contribution < -0.4 is 5.32 Å². The van der Waals surface area contributed by atoms with Crippen molar-refractivity contribution >= 4 is 12.0 Å². The first kappa shape index (κ1) is 15.8. The molecule has 0 aromatic rings. The quantitative estimate of drug-likeness (QED) is 0.780. The van der Waals surface area contributed by atoms with Crippen molar-refractivity contribution in [1.29, 1.82) is 0 Å². The van der Waals surface area contributed by atoms with Crippen molar-refractivity contribution in [3.63, 3.8) is 0 Å². The molecule has 0 bridgehead atoms. The Hall–Kier alpha value is -1.30. The van der Waals surface area contributed by atoms with Crippen LogP contribution in [0.25, 0.3) is 0 Å². The van der Waals surface area contributed by atoms with Gasteiger partial charge in [-0.2, -0.15) is 0 Å². The van der Waals surface area contributed by atoms with Crippen LogP contribution in [0.4, 0.5) is 4.79 Å². The number of rotatable bonds is 4. The van der Waals surface area contributed by atoms with Gasteiger partial charge in [-0.05, 0) is 33.6 Å². The number of carbonyl (C=O) groups is 2. The Kier molecular flexibility index (Phi) is 5.60. The van der Waals surface area contributed by atoms with Crippen LogP contribution >= 0.6 is 0 Å². The Balaban J connectivity index is 2.53. The van der Waals surface area contributed by atoms with Crippen LogP contribution in [-0.2, 0) is 14.3 Å². The van der Waals surface area contributed by atoms with Crippen LogP contribution in [0.5, 0.6) is 0 Å². The first-order valence-corrected chi connectivity index (χ1v) is 6.61. The second-order valence-electron chi connectivity index (χ2n) is 5.62. The SMILES string of the molecule is COCCNC(=O)[C@@H]1CCCN1C(=O)OC(C)(C)C. The Morgan fingerprint density at radius 2 is 2.05 bits per heavy atom. The van der Waals surface area contributed by atoms with Gasteiger partial charge in [0, 0.05) is 20.2 Å². The van der Waals surface area contributed by atoms with Crippen molar-refractivity contribution < 1.29 is 19.1 Å². The number of hydrogen-bond donors (Lipinski definition) is 1. The maximum Gasteiger partial charge on any atom is 0.410 e. The third-order valence-corrected chi connectivity index (χ3v) is 2.79. The van der Waals surface area contributed by atoms with Gasteiger partial charge in [-0.15, -0.1) is 0 Å². The predicted octanol–water partition coefficient (Wildman–Crippen LogP) is 1.15. The fourth-order valence-electron chi connectivity index (χ4n) is 1.97. The number of methoxy groups -OCH3 is 1. The van der Waals surface area contributed by atoms with Gasteiger partial charge >= 0.3 is 6.09 Å². The molecule has 1 aliphatic heterocycles. The Morgan fingerprint density at radius 1 is 1.37 bits per heavy atom. The highest BCUT2D eigenvalue weighted by atomic mass is 16.6. The number of ether oxygens (including phenoxy) is 2. The van der Waals surface area contributed by atoms with Gasteiger partial charge < -0.3 is 14.8 Å². The molecule has 0 unspecified atom stereocenters. The van der Waals surface area contributed by atoms with E-state index >= 15 is 0 Å². The molecule has 0 aliphatic carbocycles. The maximum atomic E-state index is 12.0. The highest BCUT2D eigenvalue weighted by molar-refractivity contribution is 5.86. The molecule has 1 atom stereocenters. The zero-order chi connectivity index (χ0) is 14.5. The summed E-state index contributed by atoms with van der Waals surface area (Å²) < 4.78 is 10.2. The lowest BCUT2D eigenvalue weighted by molar-refractivity contribution is -0.125. The summed E-state index contributed by atoms with van der Waals surface area (Å²) in [4.78, 5) is 25.5. The topological polar surface area (TPSA) is 67.9 Å². The summed E-state index contributed by atoms with van der Waals surface area (Å²) in [6, 6.07) is -0.424. The van der Waals surface area contributed by atoms with Crippen molar-refractivity contribution in [2.45, 2.75) is 45.3 Å². The van der Waals surface area contributed by atoms with Crippen LogP contribution in [0.3, 0.4) is 0 Å². The number of carbonyl (C=O) groups excluding carboxylic acids is 2. The van der Waals surface area contributed by atoms with Crippen molar-refractivity contribution in [3.8, 4) is 0 Å². The molecule has 2 amide bonds. The van der Waals surface area contributed by atoms with Crippen LogP contribution in [0, 0.1) is 0 Å². The molecule has 0 aromatic carbocycles. The van der Waals surface area contributed by atoms with Crippen molar-refractivity contribution in [2.75, 3.05) is 26.8 Å². The minimum absolute atomic E-state index is 0.139. The van der Waals surface area contributed by atoms with E-state index in [1.807, 2.05) is 20.8 Å². The lowest BCUT2D eigenvalue weighted by Gasteiger charge is -2.28. The Labute approximate surface area is 114 Å². The summed E-state index contributed by atoms with van der Waals surface area (Å²) in [5, 5.41) is 2.76. The number of nitrogens with one attached hydrogen (secondary N) is 1. The van der Waals surface area contributed by atoms with Crippen LogP contribution in [-0.4, -0.2) is 55.3 Å². The van der Waals surface area contributed by atoms with Gasteiger partial charge in [0.1, 0.15) is 11.6 Å². The summed E-state index contributed by atoms with van der Waals surface area (Å²) in [6.45, 7) is 6.92. The van der Waals surface area contributed by atoms with Gasteiger partial charge in [-0.3, -0.25) is 9.69 Å². The van der Waals surface area contributed by atoms with Crippen molar-refractivity contribution in [3.05, 3.63) is 0 Å². The molecule has 0 radical (unpaired) electrons. The molecule has 1 N–H and O–H groups in total. The smallest absolute Gasteiger partial charge is 0.410 e. The van der Waals surface area contributed by atoms with Gasteiger partial charge in [-0.1, -0.05) is 0 Å². The molecule has 0 saturated carbocycles. The summed E-state index contributed by atoms with van der Waals surface area (Å²) in [5.74, 6) is -0.139. The largest absolute Gasteiger partial charge is 0.444 e. The van der Waals surface area contributed by atoms with E-state index in [0.29, 0.717) is 26.1 Å². The van der Waals surface area contributed by atoms with E-state index < -0.39 is 17.7 Å². The lowest BCUT2D eigenvalue weighted by Crippen LogP contribution is -2.48. The number of hydrogen-bond acceptors (Lipinski definition) is 4. The van der Waals surface area contributed by atoms with Crippen LogP contribution in [0.15, 0.2) is 0 Å². The van der Waals surface area contributed by atoms with E-state index in [-0.39, 0.29) is 5.91 Å². The van der Waals surface area contributed by atoms with E-state index in [0.717, 1.165) is 6.42 Å². The highest BCUT2D eigenvalue weighted by Gasteiger charge is 2.36. The highest BCUT2D eigenvalue weighted by Crippen LogP contribution is 2.20. The second-order valence-corrected chi connectivity index (χ2v) is 5.62. The molecule has 1 fully saturated rings. The van der Waals surface area contributed by atoms with Gasteiger partial charge in [0.15, 0.2) is 0 Å². The Bertz CT molecular complexity index is 325. The average Bonchev–Trinajstić information content (AvgIpc) is 2.75. The molecule has 110 valence electrons. The monoisotopic (exact) mass is 272 g/mol. The van der Waals surface area contributed by atoms with Crippen molar-refractivity contribution in [1.82, 2.24) is 10.2 Å². The molecule has 19 heavy (non-hydrogen) atoms. The zero-order valence-corrected chi connectivity index (χ0v) is 12.2. The molecule has 1 aliphatic rings. The summed E-state index contributed by atoms with van der Waals surface area (Å²) in [6.07, 6.45) is 1.08. The van der Waals surface area contributed by atoms with E-state index in [1.54, 1.807) is 7.11 Å². The predicted molar refractivity (Wildman–Crippen MR) is 70.8 cm³/mol. The molecule has 6 heteroatoms. The fourth-order valence-corrected chi connectivity index (χ4v) is 1.97. The minimum Gasteiger partial charge on any atom is -0.444 e. The summed E-state index contributed by atoms with van der Waals surface area (Å²) in [5.41, 5.74) is -0.545. The standard InChI is InChI=1S/C13H24N2O4/c1-13(2,3)19-12(17)15-8-5-6-10(15)11(16)14-7-9-18-4/h10H,5-9H2,1-4H3,(H,14,16)/t10-/m0/s1. The fraction of sp³-hybridized carbons (Fsp3) is 0.846. The molecule has 1 rings (SSSR count). The molecule has 6 nitrogen and oxygen atoms in total. The van der Waals surface area contributed by atoms with Crippen LogP contribution in [0.1, 0.15) is 33.6 Å². The second kappa shape index (κ2) is 6.75. The van der Waals surface area contributed by atoms with Crippen LogP contribution in [0.2, 0.25) is 0 Å². The van der Waals surface area contributed by atoms with E-state index in [2.05, 4.69) is 5.32 Å². The number of likely N-dealkylation sites (tertiary alicyclic amines) is 1. The van der Waals surface area contributed by atoms with Gasteiger partial charge in [0.2, 0.25) is 5.91 Å². The van der Waals surface area contributed by atoms with Crippen molar-refractivity contribution in [2.24, 2.45) is 0 Å². The van der Waals surface area contributed by atoms with E-state index in [4.69, 9.17) is 9.47 Å². The first-order valence-electron chi connectivity index (χ1n) is 6.61. The third kappa shape index (κ3) is 5.06. The van der Waals surface area contributed by atoms with E-state index in [9.17, 15) is 9.59 Å².